The molecule has 1 atom stereocenters. The summed E-state index contributed by atoms with van der Waals surface area (Å²) in [7, 11) is 0. The lowest BCUT2D eigenvalue weighted by molar-refractivity contribution is -0.0601. The first kappa shape index (κ1) is 18.4. The van der Waals surface area contributed by atoms with Crippen LogP contribution < -0.4 is 4.74 Å². The summed E-state index contributed by atoms with van der Waals surface area (Å²) in [5.74, 6) is 1.64. The Kier molecular flexibility index (Phi) is 6.52. The maximum atomic E-state index is 6.41. The number of hydrogen-bond donors (Lipinski definition) is 0. The Morgan fingerprint density at radius 3 is 2.80 bits per heavy atom. The van der Waals surface area contributed by atoms with Gasteiger partial charge in [0.2, 0.25) is 0 Å². The predicted molar refractivity (Wildman–Crippen MR) is 102 cm³/mol. The Bertz CT molecular complexity index is 577. The van der Waals surface area contributed by atoms with Gasteiger partial charge >= 0.3 is 0 Å². The van der Waals surface area contributed by atoms with Crippen LogP contribution in [0.1, 0.15) is 70.1 Å². The van der Waals surface area contributed by atoms with Crippen molar-refractivity contribution in [2.45, 2.75) is 77.2 Å². The minimum absolute atomic E-state index is 0.0631. The van der Waals surface area contributed by atoms with E-state index in [4.69, 9.17) is 9.47 Å². The van der Waals surface area contributed by atoms with Gasteiger partial charge in [0.25, 0.3) is 0 Å². The number of rotatable bonds is 8. The molecule has 1 unspecified atom stereocenters. The molecule has 138 valence electrons. The van der Waals surface area contributed by atoms with Gasteiger partial charge in [-0.15, -0.1) is 0 Å². The number of aromatic nitrogens is 1. The largest absolute Gasteiger partial charge is 0.492 e. The number of pyridine rings is 1. The first-order valence-electron chi connectivity index (χ1n) is 10.2. The van der Waals surface area contributed by atoms with E-state index in [0.717, 1.165) is 56.8 Å². The van der Waals surface area contributed by atoms with Crippen LogP contribution in [0.2, 0.25) is 0 Å². The zero-order chi connectivity index (χ0) is 17.5. The van der Waals surface area contributed by atoms with Gasteiger partial charge in [0.05, 0.1) is 25.0 Å². The summed E-state index contributed by atoms with van der Waals surface area (Å²) < 4.78 is 12.4. The molecule has 1 fully saturated rings. The predicted octanol–water partition coefficient (Wildman–Crippen LogP) is 5.27. The van der Waals surface area contributed by atoms with Crippen LogP contribution in [0, 0.1) is 5.92 Å². The molecule has 3 nitrogen and oxygen atoms in total. The van der Waals surface area contributed by atoms with Crippen LogP contribution in [0.4, 0.5) is 0 Å². The number of aryl methyl sites for hydroxylation is 2. The molecule has 2 aliphatic rings. The molecule has 0 bridgehead atoms. The van der Waals surface area contributed by atoms with Gasteiger partial charge in [0, 0.05) is 5.69 Å². The highest BCUT2D eigenvalue weighted by atomic mass is 16.5. The van der Waals surface area contributed by atoms with Crippen molar-refractivity contribution in [3.05, 3.63) is 35.7 Å². The lowest BCUT2D eigenvalue weighted by atomic mass is 9.79. The van der Waals surface area contributed by atoms with Gasteiger partial charge < -0.3 is 9.47 Å². The van der Waals surface area contributed by atoms with E-state index in [1.807, 2.05) is 6.20 Å². The molecular weight excluding hydrogens is 310 g/mol. The van der Waals surface area contributed by atoms with Crippen molar-refractivity contribution in [3.8, 4) is 5.75 Å². The minimum atomic E-state index is -0.0631. The second-order valence-electron chi connectivity index (χ2n) is 7.46. The molecule has 25 heavy (non-hydrogen) atoms. The van der Waals surface area contributed by atoms with E-state index in [9.17, 15) is 0 Å². The lowest BCUT2D eigenvalue weighted by Gasteiger charge is -2.39. The highest BCUT2D eigenvalue weighted by Gasteiger charge is 2.39. The number of ether oxygens (including phenoxy) is 2. The highest BCUT2D eigenvalue weighted by molar-refractivity contribution is 5.33. The molecule has 0 N–H and O–H groups in total. The molecule has 3 heteroatoms. The quantitative estimate of drug-likeness (QED) is 0.602. The molecule has 1 aromatic rings. The molecule has 0 saturated heterocycles. The van der Waals surface area contributed by atoms with Crippen LogP contribution in [0.25, 0.3) is 0 Å². The smallest absolute Gasteiger partial charge is 0.140 e. The van der Waals surface area contributed by atoms with Gasteiger partial charge in [-0.25, -0.2) is 0 Å². The van der Waals surface area contributed by atoms with E-state index in [2.05, 4.69) is 37.0 Å². The van der Waals surface area contributed by atoms with Gasteiger partial charge in [-0.05, 0) is 62.5 Å². The van der Waals surface area contributed by atoms with Gasteiger partial charge in [-0.3, -0.25) is 4.98 Å². The van der Waals surface area contributed by atoms with Gasteiger partial charge in [-0.1, -0.05) is 38.8 Å². The molecule has 1 aliphatic carbocycles. The SMILES string of the molecule is CCCOc1cnc(CC)cc1CCC1(C2CCCC2)C=CCCO1. The van der Waals surface area contributed by atoms with Crippen LogP contribution in [0.3, 0.4) is 0 Å². The number of nitrogens with zero attached hydrogens (tertiary/aromatic N) is 1. The number of hydrogen-bond acceptors (Lipinski definition) is 3. The summed E-state index contributed by atoms with van der Waals surface area (Å²) in [5, 5.41) is 0. The maximum absolute atomic E-state index is 6.41. The van der Waals surface area contributed by atoms with E-state index in [-0.39, 0.29) is 5.60 Å². The molecule has 3 rings (SSSR count). The van der Waals surface area contributed by atoms with E-state index in [1.54, 1.807) is 0 Å². The van der Waals surface area contributed by atoms with Crippen molar-refractivity contribution in [1.82, 2.24) is 4.98 Å². The summed E-state index contributed by atoms with van der Waals surface area (Å²) in [6, 6.07) is 2.24. The summed E-state index contributed by atoms with van der Waals surface area (Å²) in [6.45, 7) is 5.92. The average molecular weight is 344 g/mol. The Labute approximate surface area is 152 Å². The van der Waals surface area contributed by atoms with Crippen molar-refractivity contribution in [2.24, 2.45) is 5.92 Å². The fraction of sp³-hybridized carbons (Fsp3) is 0.682. The Morgan fingerprint density at radius 1 is 1.28 bits per heavy atom. The molecule has 0 radical (unpaired) electrons. The van der Waals surface area contributed by atoms with E-state index in [1.165, 1.54) is 31.2 Å². The van der Waals surface area contributed by atoms with Crippen LogP contribution >= 0.6 is 0 Å². The van der Waals surface area contributed by atoms with Crippen molar-refractivity contribution in [1.29, 1.82) is 0 Å². The molecule has 1 aromatic heterocycles. The average Bonchev–Trinajstić information content (AvgIpc) is 3.21. The third kappa shape index (κ3) is 4.44. The monoisotopic (exact) mass is 343 g/mol. The van der Waals surface area contributed by atoms with Crippen molar-refractivity contribution in [2.75, 3.05) is 13.2 Å². The Balaban J connectivity index is 1.77. The maximum Gasteiger partial charge on any atom is 0.140 e. The molecular formula is C22H33NO2. The van der Waals surface area contributed by atoms with E-state index >= 15 is 0 Å². The summed E-state index contributed by atoms with van der Waals surface area (Å²) >= 11 is 0. The molecule has 1 saturated carbocycles. The first-order chi connectivity index (χ1) is 12.3. The van der Waals surface area contributed by atoms with Crippen LogP contribution in [0.5, 0.6) is 5.75 Å². The third-order valence-electron chi connectivity index (χ3n) is 5.72. The van der Waals surface area contributed by atoms with E-state index in [0.29, 0.717) is 5.92 Å². The second-order valence-corrected chi connectivity index (χ2v) is 7.46. The van der Waals surface area contributed by atoms with Crippen molar-refractivity contribution in [3.63, 3.8) is 0 Å². The minimum Gasteiger partial charge on any atom is -0.492 e. The molecule has 0 aromatic carbocycles. The normalized spacial score (nSPS) is 23.9. The van der Waals surface area contributed by atoms with Crippen molar-refractivity contribution < 1.29 is 9.47 Å². The third-order valence-corrected chi connectivity index (χ3v) is 5.72. The van der Waals surface area contributed by atoms with Gasteiger partial charge in [0.15, 0.2) is 0 Å². The van der Waals surface area contributed by atoms with Crippen LogP contribution in [-0.2, 0) is 17.6 Å². The summed E-state index contributed by atoms with van der Waals surface area (Å²) in [4.78, 5) is 4.53. The zero-order valence-corrected chi connectivity index (χ0v) is 15.9. The van der Waals surface area contributed by atoms with Gasteiger partial charge in [-0.2, -0.15) is 0 Å². The molecule has 0 amide bonds. The fourth-order valence-corrected chi connectivity index (χ4v) is 4.27. The topological polar surface area (TPSA) is 31.4 Å². The van der Waals surface area contributed by atoms with E-state index < -0.39 is 0 Å². The highest BCUT2D eigenvalue weighted by Crippen LogP contribution is 2.42. The molecule has 0 spiro atoms. The lowest BCUT2D eigenvalue weighted by Crippen LogP contribution is -2.40. The van der Waals surface area contributed by atoms with Crippen LogP contribution in [0.15, 0.2) is 24.4 Å². The second kappa shape index (κ2) is 8.84. The fourth-order valence-electron chi connectivity index (χ4n) is 4.27. The Hall–Kier alpha value is -1.35. The van der Waals surface area contributed by atoms with Crippen molar-refractivity contribution >= 4 is 0 Å². The Morgan fingerprint density at radius 2 is 2.12 bits per heavy atom. The summed E-state index contributed by atoms with van der Waals surface area (Å²) in [6.07, 6.45) is 17.0. The zero-order valence-electron chi connectivity index (χ0n) is 15.9. The first-order valence-corrected chi connectivity index (χ1v) is 10.2. The summed E-state index contributed by atoms with van der Waals surface area (Å²) in [5.41, 5.74) is 2.38. The van der Waals surface area contributed by atoms with Gasteiger partial charge in [0.1, 0.15) is 5.75 Å². The standard InChI is InChI=1S/C22H33NO2/c1-3-14-24-21-17-23-20(4-2)16-18(21)11-13-22(12-7-8-15-25-22)19-9-5-6-10-19/h7,12,16-17,19H,3-6,8-11,13-15H2,1-2H3. The molecule has 1 aliphatic heterocycles. The molecule has 2 heterocycles. The van der Waals surface area contributed by atoms with Crippen LogP contribution in [-0.4, -0.2) is 23.8 Å².